The van der Waals surface area contributed by atoms with Crippen LogP contribution in [0.1, 0.15) is 0 Å². The average Bonchev–Trinajstić information content (AvgIpc) is 0. The summed E-state index contributed by atoms with van der Waals surface area (Å²) in [6.07, 6.45) is 0. The number of hydrogen-bond acceptors (Lipinski definition) is 0. The first-order chi connectivity index (χ1) is 0. The van der Waals surface area contributed by atoms with E-state index in [-0.39, 0.29) is 764 Å². The fourth-order valence-corrected chi connectivity index (χ4v) is 0. The first kappa shape index (κ1) is 225. The Bertz CT molecular complexity index is 0. The van der Waals surface area contributed by atoms with Crippen LogP contribution in [0.25, 0.3) is 0 Å². The van der Waals surface area contributed by atoms with E-state index in [0.717, 1.165) is 0 Å². The summed E-state index contributed by atoms with van der Waals surface area (Å²) in [5.74, 6) is 0. The van der Waals surface area contributed by atoms with E-state index in [4.69, 9.17) is 0 Å². The van der Waals surface area contributed by atoms with Crippen molar-refractivity contribution in [3.63, 3.8) is 0 Å². The van der Waals surface area contributed by atoms with E-state index in [9.17, 15) is 0 Å². The van der Waals surface area contributed by atoms with Crippen molar-refractivity contribution in [2.24, 2.45) is 0 Å². The molecule has 56 valence electrons. The quantitative estimate of drug-likeness (QED) is 0.299. The van der Waals surface area contributed by atoms with Gasteiger partial charge in [-0.25, -0.2) is 0 Å². The average molecular weight is 3150 g/mol. The molecule has 0 radical (unpaired) electrons. The molecule has 0 aromatic heterocycles. The maximum Gasteiger partial charge on any atom is 0 e. The molecule has 0 aromatic rings. The summed E-state index contributed by atoms with van der Waals surface area (Å²) in [7, 11) is 0. The van der Waals surface area contributed by atoms with E-state index in [1.165, 1.54) is 0 Å². The summed E-state index contributed by atoms with van der Waals surface area (Å²) in [5, 5.41) is 0. The maximum absolute atomic E-state index is 0. The minimum Gasteiger partial charge on any atom is 0 e. The molecule has 0 aromatic carbocycles. The zero-order valence-corrected chi connectivity index (χ0v) is 133. The molecule has 0 saturated carbocycles. The molecule has 28 heavy (non-hydrogen) atoms. The van der Waals surface area contributed by atoms with Crippen molar-refractivity contribution in [3.05, 3.63) is 0 Å². The minimum atomic E-state index is 0. The predicted octanol–water partition coefficient (Wildman–Crippen LogP) is -0.0700. The van der Waals surface area contributed by atoms with Crippen LogP contribution in [0.2, 0.25) is 0 Å². The smallest absolute Gasteiger partial charge is 0 e. The van der Waals surface area contributed by atoms with Gasteiger partial charge in [-0.2, -0.15) is 0 Å². The molecule has 0 bridgehead atoms. The molecule has 0 unspecified atom stereocenters. The SMILES string of the molecule is [Cd].[Cd].[Cd].[Cd].[Cd].[Cd].[Cd].[Cd].[Cd].[Cd].[Cd].[Cd].[Cd].[Cd].[Cd].[Cd].[Cd].[Cd].[Cd].[Cd].[Cd].[Cd].[Cd].[Cd].[Cd].[Cd].[Cd].[Cd]. The molecule has 0 aliphatic heterocycles. The van der Waals surface area contributed by atoms with E-state index < -0.39 is 0 Å². The standard InChI is InChI=1S/28Cd. The van der Waals surface area contributed by atoms with Crippen LogP contribution >= 0.6 is 0 Å². The van der Waals surface area contributed by atoms with Crippen LogP contribution in [-0.2, 0) is 764 Å². The summed E-state index contributed by atoms with van der Waals surface area (Å²) in [6.45, 7) is 0. The molecule has 0 spiro atoms. The van der Waals surface area contributed by atoms with Crippen molar-refractivity contribution in [1.82, 2.24) is 0 Å². The van der Waals surface area contributed by atoms with Gasteiger partial charge in [0.2, 0.25) is 0 Å². The summed E-state index contributed by atoms with van der Waals surface area (Å²) >= 11 is 0. The zero-order chi connectivity index (χ0) is 0. The summed E-state index contributed by atoms with van der Waals surface area (Å²) in [4.78, 5) is 0. The zero-order valence-electron chi connectivity index (χ0n) is 19.8. The van der Waals surface area contributed by atoms with Crippen molar-refractivity contribution >= 4 is 0 Å². The summed E-state index contributed by atoms with van der Waals surface area (Å²) in [6, 6.07) is 0. The van der Waals surface area contributed by atoms with Crippen LogP contribution in [0.15, 0.2) is 0 Å². The van der Waals surface area contributed by atoms with Crippen LogP contribution in [0.5, 0.6) is 0 Å². The normalized spacial score (nSPS) is 0. The molecule has 0 fully saturated rings. The summed E-state index contributed by atoms with van der Waals surface area (Å²) < 4.78 is 0. The molecule has 0 rings (SSSR count). The van der Waals surface area contributed by atoms with Crippen LogP contribution in [-0.4, -0.2) is 0 Å². The molecule has 0 amide bonds. The Hall–Kier alpha value is 25.8. The van der Waals surface area contributed by atoms with Gasteiger partial charge in [-0.1, -0.05) is 0 Å². The summed E-state index contributed by atoms with van der Waals surface area (Å²) in [5.41, 5.74) is 0. The number of hydrogen-bond donors (Lipinski definition) is 0. The third-order valence-corrected chi connectivity index (χ3v) is 0. The van der Waals surface area contributed by atoms with Crippen molar-refractivity contribution in [2.45, 2.75) is 0 Å². The van der Waals surface area contributed by atoms with E-state index in [1.807, 2.05) is 0 Å². The van der Waals surface area contributed by atoms with Gasteiger partial charge in [0, 0.05) is 764 Å². The third-order valence-electron chi connectivity index (χ3n) is 0. The van der Waals surface area contributed by atoms with Crippen LogP contribution < -0.4 is 0 Å². The second-order valence-corrected chi connectivity index (χ2v) is 0. The van der Waals surface area contributed by atoms with Crippen LogP contribution in [0, 0.1) is 0 Å². The molecule has 0 N–H and O–H groups in total. The second-order valence-electron chi connectivity index (χ2n) is 0. The fraction of sp³-hybridized carbons (Fsp3) is 0. The minimum absolute atomic E-state index is 0. The molecule has 0 nitrogen and oxygen atoms in total. The predicted molar refractivity (Wildman–Crippen MR) is 0 cm³/mol. The van der Waals surface area contributed by atoms with Crippen LogP contribution in [0.3, 0.4) is 0 Å². The number of rotatable bonds is 0. The first-order valence-corrected chi connectivity index (χ1v) is 0. The van der Waals surface area contributed by atoms with E-state index >= 15 is 0 Å². The van der Waals surface area contributed by atoms with Gasteiger partial charge < -0.3 is 0 Å². The Morgan fingerprint density at radius 2 is 0.0357 bits per heavy atom. The van der Waals surface area contributed by atoms with Crippen LogP contribution in [0.4, 0.5) is 0 Å². The van der Waals surface area contributed by atoms with Gasteiger partial charge in [0.05, 0.1) is 0 Å². The van der Waals surface area contributed by atoms with Gasteiger partial charge in [0.15, 0.2) is 0 Å². The van der Waals surface area contributed by atoms with Gasteiger partial charge in [-0.3, -0.25) is 0 Å². The Morgan fingerprint density at radius 3 is 0.0357 bits per heavy atom. The maximum atomic E-state index is 0. The molecule has 0 atom stereocenters. The van der Waals surface area contributed by atoms with Crippen molar-refractivity contribution in [1.29, 1.82) is 0 Å². The molecule has 0 heterocycles. The molecule has 0 aliphatic rings. The van der Waals surface area contributed by atoms with Gasteiger partial charge in [-0.05, 0) is 0 Å². The molecular weight excluding hydrogens is 3150 g/mol. The van der Waals surface area contributed by atoms with E-state index in [1.54, 1.807) is 0 Å². The van der Waals surface area contributed by atoms with Crippen molar-refractivity contribution in [3.8, 4) is 0 Å². The largest absolute Gasteiger partial charge is 0 e. The Labute approximate surface area is 737 Å². The molecule has 28 heteroatoms. The molecular formula is Cd28. The molecule has 0 saturated heterocycles. The second kappa shape index (κ2) is 213. The fourth-order valence-electron chi connectivity index (χ4n) is 0. The van der Waals surface area contributed by atoms with E-state index in [2.05, 4.69) is 0 Å². The molecule has 0 aliphatic carbocycles. The van der Waals surface area contributed by atoms with Gasteiger partial charge in [0.1, 0.15) is 0 Å². The van der Waals surface area contributed by atoms with Crippen molar-refractivity contribution in [2.75, 3.05) is 0 Å². The monoisotopic (exact) mass is 3190 g/mol. The first-order valence-electron chi connectivity index (χ1n) is 0. The van der Waals surface area contributed by atoms with Gasteiger partial charge in [0.25, 0.3) is 0 Å². The Kier molecular flexibility index (Phi) is 1710. The Balaban J connectivity index is 0. The third kappa shape index (κ3) is 201. The van der Waals surface area contributed by atoms with Gasteiger partial charge >= 0.3 is 0 Å². The van der Waals surface area contributed by atoms with E-state index in [0.29, 0.717) is 0 Å². The van der Waals surface area contributed by atoms with Gasteiger partial charge in [-0.15, -0.1) is 0 Å². The van der Waals surface area contributed by atoms with Crippen molar-refractivity contribution < 1.29 is 764 Å². The Morgan fingerprint density at radius 1 is 0.0357 bits per heavy atom. The topological polar surface area (TPSA) is 0 Å².